The van der Waals surface area contributed by atoms with E-state index in [1.54, 1.807) is 24.3 Å². The molecule has 0 bridgehead atoms. The highest BCUT2D eigenvalue weighted by molar-refractivity contribution is 7.99. The molecule has 3 N–H and O–H groups in total. The second kappa shape index (κ2) is 8.55. The Morgan fingerprint density at radius 3 is 2.67 bits per heavy atom. The summed E-state index contributed by atoms with van der Waals surface area (Å²) in [7, 11) is 0. The zero-order chi connectivity index (χ0) is 17.5. The molecule has 0 spiro atoms. The van der Waals surface area contributed by atoms with Gasteiger partial charge < -0.3 is 0 Å². The molecule has 0 saturated heterocycles. The number of H-pyrrole nitrogens is 1. The molecule has 0 fully saturated rings. The molecule has 2 amide bonds. The van der Waals surface area contributed by atoms with Gasteiger partial charge in [0.15, 0.2) is 5.16 Å². The minimum absolute atomic E-state index is 0.00883. The van der Waals surface area contributed by atoms with E-state index in [9.17, 15) is 14.4 Å². The van der Waals surface area contributed by atoms with Crippen molar-refractivity contribution < 1.29 is 9.59 Å². The standard InChI is InChI=1S/C14H16ClN5O3S/c1-2-7-20-13(23)18-19-14(20)24-8-11(21)16-17-12(22)9-3-5-10(15)6-4-9/h3-6H,2,7-8H2,1H3,(H,16,21)(H,17,22)(H,18,23). The highest BCUT2D eigenvalue weighted by Crippen LogP contribution is 2.12. The van der Waals surface area contributed by atoms with E-state index in [4.69, 9.17) is 11.6 Å². The van der Waals surface area contributed by atoms with E-state index in [1.807, 2.05) is 6.92 Å². The number of nitrogens with zero attached hydrogens (tertiary/aromatic N) is 2. The third kappa shape index (κ3) is 4.87. The molecule has 0 aliphatic carbocycles. The van der Waals surface area contributed by atoms with Crippen molar-refractivity contribution in [1.82, 2.24) is 25.6 Å². The van der Waals surface area contributed by atoms with Gasteiger partial charge in [-0.1, -0.05) is 30.3 Å². The van der Waals surface area contributed by atoms with Gasteiger partial charge in [-0.05, 0) is 30.7 Å². The van der Waals surface area contributed by atoms with Crippen molar-refractivity contribution >= 4 is 35.2 Å². The molecule has 0 aliphatic heterocycles. The van der Waals surface area contributed by atoms with E-state index in [0.717, 1.165) is 18.2 Å². The zero-order valence-electron chi connectivity index (χ0n) is 12.8. The first-order valence-corrected chi connectivity index (χ1v) is 8.50. The summed E-state index contributed by atoms with van der Waals surface area (Å²) in [4.78, 5) is 35.2. The fraction of sp³-hybridized carbons (Fsp3) is 0.286. The van der Waals surface area contributed by atoms with Crippen LogP contribution in [0.15, 0.2) is 34.2 Å². The van der Waals surface area contributed by atoms with Gasteiger partial charge in [-0.2, -0.15) is 0 Å². The molecule has 0 radical (unpaired) electrons. The van der Waals surface area contributed by atoms with Gasteiger partial charge in [0.1, 0.15) is 0 Å². The molecular formula is C14H16ClN5O3S. The summed E-state index contributed by atoms with van der Waals surface area (Å²) in [6.07, 6.45) is 0.774. The number of aromatic amines is 1. The highest BCUT2D eigenvalue weighted by atomic mass is 35.5. The number of aromatic nitrogens is 3. The van der Waals surface area contributed by atoms with Crippen molar-refractivity contribution in [2.45, 2.75) is 25.0 Å². The Balaban J connectivity index is 1.82. The molecule has 0 saturated carbocycles. The molecule has 128 valence electrons. The Bertz CT molecular complexity index is 771. The van der Waals surface area contributed by atoms with Crippen LogP contribution in [0.5, 0.6) is 0 Å². The Morgan fingerprint density at radius 2 is 2.00 bits per heavy atom. The Hall–Kier alpha value is -2.26. The quantitative estimate of drug-likeness (QED) is 0.523. The molecule has 1 aromatic heterocycles. The van der Waals surface area contributed by atoms with Gasteiger partial charge in [0.25, 0.3) is 5.91 Å². The molecule has 0 unspecified atom stereocenters. The van der Waals surface area contributed by atoms with Crippen LogP contribution in [0, 0.1) is 0 Å². The third-order valence-corrected chi connectivity index (χ3v) is 4.15. The second-order valence-electron chi connectivity index (χ2n) is 4.76. The van der Waals surface area contributed by atoms with Crippen molar-refractivity contribution in [1.29, 1.82) is 0 Å². The fourth-order valence-electron chi connectivity index (χ4n) is 1.80. The molecule has 0 aliphatic rings. The normalized spacial score (nSPS) is 10.4. The maximum absolute atomic E-state index is 11.8. The van der Waals surface area contributed by atoms with Gasteiger partial charge in [-0.25, -0.2) is 9.89 Å². The number of nitrogens with one attached hydrogen (secondary N) is 3. The van der Waals surface area contributed by atoms with Crippen LogP contribution in [0.1, 0.15) is 23.7 Å². The van der Waals surface area contributed by atoms with Gasteiger partial charge in [0.2, 0.25) is 5.91 Å². The Morgan fingerprint density at radius 1 is 1.29 bits per heavy atom. The predicted octanol–water partition coefficient (Wildman–Crippen LogP) is 1.19. The topological polar surface area (TPSA) is 109 Å². The predicted molar refractivity (Wildman–Crippen MR) is 90.9 cm³/mol. The lowest BCUT2D eigenvalue weighted by atomic mass is 10.2. The summed E-state index contributed by atoms with van der Waals surface area (Å²) in [5.41, 5.74) is 4.68. The summed E-state index contributed by atoms with van der Waals surface area (Å²) in [6.45, 7) is 2.46. The third-order valence-electron chi connectivity index (χ3n) is 2.92. The van der Waals surface area contributed by atoms with E-state index < -0.39 is 11.8 Å². The average Bonchev–Trinajstić information content (AvgIpc) is 2.92. The van der Waals surface area contributed by atoms with Gasteiger partial charge in [0.05, 0.1) is 5.75 Å². The van der Waals surface area contributed by atoms with E-state index in [2.05, 4.69) is 21.0 Å². The van der Waals surface area contributed by atoms with E-state index in [1.165, 1.54) is 4.57 Å². The lowest BCUT2D eigenvalue weighted by molar-refractivity contribution is -0.119. The minimum Gasteiger partial charge on any atom is -0.272 e. The van der Waals surface area contributed by atoms with Crippen molar-refractivity contribution in [3.8, 4) is 0 Å². The molecule has 0 atom stereocenters. The first kappa shape index (κ1) is 18.1. The van der Waals surface area contributed by atoms with Crippen molar-refractivity contribution in [3.05, 3.63) is 45.3 Å². The van der Waals surface area contributed by atoms with E-state index >= 15 is 0 Å². The van der Waals surface area contributed by atoms with Crippen LogP contribution in [0.2, 0.25) is 5.02 Å². The minimum atomic E-state index is -0.451. The number of carbonyl (C=O) groups excluding carboxylic acids is 2. The number of hydrazine groups is 1. The van der Waals surface area contributed by atoms with Crippen molar-refractivity contribution in [2.75, 3.05) is 5.75 Å². The molecule has 1 heterocycles. The van der Waals surface area contributed by atoms with Gasteiger partial charge in [-0.15, -0.1) is 5.10 Å². The van der Waals surface area contributed by atoms with Crippen LogP contribution in [0.25, 0.3) is 0 Å². The van der Waals surface area contributed by atoms with Crippen LogP contribution in [-0.4, -0.2) is 32.3 Å². The smallest absolute Gasteiger partial charge is 0.272 e. The highest BCUT2D eigenvalue weighted by Gasteiger charge is 2.12. The lowest BCUT2D eigenvalue weighted by Crippen LogP contribution is -2.42. The second-order valence-corrected chi connectivity index (χ2v) is 6.14. The number of amides is 2. The number of halogens is 1. The summed E-state index contributed by atoms with van der Waals surface area (Å²) < 4.78 is 1.46. The lowest BCUT2D eigenvalue weighted by Gasteiger charge is -2.07. The molecule has 1 aromatic carbocycles. The summed E-state index contributed by atoms with van der Waals surface area (Å²) >= 11 is 6.85. The molecule has 2 rings (SSSR count). The average molecular weight is 370 g/mol. The van der Waals surface area contributed by atoms with E-state index in [-0.39, 0.29) is 11.4 Å². The molecular weight excluding hydrogens is 354 g/mol. The number of carbonyl (C=O) groups is 2. The maximum Gasteiger partial charge on any atom is 0.343 e. The van der Waals surface area contributed by atoms with Crippen LogP contribution in [-0.2, 0) is 11.3 Å². The molecule has 10 heteroatoms. The number of benzene rings is 1. The largest absolute Gasteiger partial charge is 0.343 e. The zero-order valence-corrected chi connectivity index (χ0v) is 14.4. The van der Waals surface area contributed by atoms with Crippen LogP contribution in [0.3, 0.4) is 0 Å². The summed E-state index contributed by atoms with van der Waals surface area (Å²) in [6, 6.07) is 6.26. The first-order chi connectivity index (χ1) is 11.5. The van der Waals surface area contributed by atoms with Crippen molar-refractivity contribution in [2.24, 2.45) is 0 Å². The van der Waals surface area contributed by atoms with Gasteiger partial charge in [0, 0.05) is 17.1 Å². The van der Waals surface area contributed by atoms with Gasteiger partial charge >= 0.3 is 5.69 Å². The number of hydrogen-bond acceptors (Lipinski definition) is 5. The molecule has 8 nitrogen and oxygen atoms in total. The van der Waals surface area contributed by atoms with Crippen LogP contribution in [0.4, 0.5) is 0 Å². The summed E-state index contributed by atoms with van der Waals surface area (Å²) in [5.74, 6) is -0.858. The monoisotopic (exact) mass is 369 g/mol. The number of hydrogen-bond donors (Lipinski definition) is 3. The first-order valence-electron chi connectivity index (χ1n) is 7.14. The number of thioether (sulfide) groups is 1. The van der Waals surface area contributed by atoms with Crippen LogP contribution < -0.4 is 16.5 Å². The molecule has 2 aromatic rings. The number of rotatable bonds is 6. The van der Waals surface area contributed by atoms with E-state index in [0.29, 0.717) is 22.3 Å². The Kier molecular flexibility index (Phi) is 6.44. The molecule has 24 heavy (non-hydrogen) atoms. The fourth-order valence-corrected chi connectivity index (χ4v) is 2.70. The van der Waals surface area contributed by atoms with Crippen molar-refractivity contribution in [3.63, 3.8) is 0 Å². The maximum atomic E-state index is 11.8. The summed E-state index contributed by atoms with van der Waals surface area (Å²) in [5, 5.41) is 7.16. The van der Waals surface area contributed by atoms with Crippen LogP contribution >= 0.6 is 23.4 Å². The Labute approximate surface area is 146 Å². The van der Waals surface area contributed by atoms with Gasteiger partial charge in [-0.3, -0.25) is 25.0 Å². The SMILES string of the molecule is CCCn1c(SCC(=O)NNC(=O)c2ccc(Cl)cc2)n[nH]c1=O.